The molecule has 0 unspecified atom stereocenters. The van der Waals surface area contributed by atoms with Crippen LogP contribution in [0.5, 0.6) is 0 Å². The number of hydrogen-bond donors (Lipinski definition) is 3. The van der Waals surface area contributed by atoms with Crippen LogP contribution in [0.15, 0.2) is 47.1 Å². The molecule has 168 valence electrons. The van der Waals surface area contributed by atoms with E-state index in [9.17, 15) is 15.3 Å². The smallest absolute Gasteiger partial charge is 0.172 e. The van der Waals surface area contributed by atoms with Gasteiger partial charge >= 0.3 is 0 Å². The van der Waals surface area contributed by atoms with Gasteiger partial charge in [-0.05, 0) is 74.9 Å². The number of allylic oxidation sites excluding steroid dienone is 5. The lowest BCUT2D eigenvalue weighted by Gasteiger charge is -2.41. The molecule has 3 N–H and O–H groups in total. The van der Waals surface area contributed by atoms with E-state index in [-0.39, 0.29) is 18.4 Å². The first-order valence-corrected chi connectivity index (χ1v) is 11.5. The van der Waals surface area contributed by atoms with E-state index in [4.69, 9.17) is 4.74 Å². The molecule has 3 rings (SSSR count). The summed E-state index contributed by atoms with van der Waals surface area (Å²) in [5.41, 5.74) is 4.01. The normalized spacial score (nSPS) is 37.6. The Morgan fingerprint density at radius 2 is 2.07 bits per heavy atom. The summed E-state index contributed by atoms with van der Waals surface area (Å²) in [7, 11) is 0. The Labute approximate surface area is 182 Å². The molecular weight excluding hydrogens is 376 g/mol. The van der Waals surface area contributed by atoms with Crippen LogP contribution in [0.3, 0.4) is 0 Å². The Balaban J connectivity index is 1.75. The monoisotopic (exact) mass is 416 g/mol. The van der Waals surface area contributed by atoms with Gasteiger partial charge in [0.15, 0.2) is 5.79 Å². The molecule has 0 heterocycles. The SMILES string of the molecule is C=C1C(=CC=C2CCC[C@]3(C)C(CC)=CC[C@@H]23)C[C@](O)(OCCC(C)(C)O)C[C@@H]1O. The lowest BCUT2D eigenvalue weighted by atomic mass is 9.64. The quantitative estimate of drug-likeness (QED) is 0.423. The third-order valence-electron chi connectivity index (χ3n) is 7.47. The second kappa shape index (κ2) is 8.74. The molecule has 0 spiro atoms. The predicted octanol–water partition coefficient (Wildman–Crippen LogP) is 4.96. The summed E-state index contributed by atoms with van der Waals surface area (Å²) in [6.07, 6.45) is 12.5. The lowest BCUT2D eigenvalue weighted by molar-refractivity contribution is -0.224. The van der Waals surface area contributed by atoms with Crippen molar-refractivity contribution >= 4 is 0 Å². The van der Waals surface area contributed by atoms with Gasteiger partial charge < -0.3 is 20.1 Å². The lowest BCUT2D eigenvalue weighted by Crippen LogP contribution is -2.42. The predicted molar refractivity (Wildman–Crippen MR) is 121 cm³/mol. The average molecular weight is 417 g/mol. The molecule has 0 aromatic carbocycles. The minimum atomic E-state index is -1.43. The molecular formula is C26H40O4. The van der Waals surface area contributed by atoms with Gasteiger partial charge in [-0.3, -0.25) is 0 Å². The topological polar surface area (TPSA) is 69.9 Å². The van der Waals surface area contributed by atoms with Crippen LogP contribution < -0.4 is 0 Å². The average Bonchev–Trinajstić information content (AvgIpc) is 2.99. The zero-order chi connectivity index (χ0) is 22.2. The van der Waals surface area contributed by atoms with Crippen LogP contribution in [-0.4, -0.2) is 39.4 Å². The summed E-state index contributed by atoms with van der Waals surface area (Å²) in [6, 6.07) is 0. The van der Waals surface area contributed by atoms with Crippen LogP contribution in [0.2, 0.25) is 0 Å². The van der Waals surface area contributed by atoms with Crippen molar-refractivity contribution in [3.63, 3.8) is 0 Å². The third-order valence-corrected chi connectivity index (χ3v) is 7.47. The van der Waals surface area contributed by atoms with Crippen LogP contribution in [0.4, 0.5) is 0 Å². The number of fused-ring (bicyclic) bond motifs is 1. The van der Waals surface area contributed by atoms with Crippen molar-refractivity contribution in [1.29, 1.82) is 0 Å². The van der Waals surface area contributed by atoms with E-state index in [1.807, 2.05) is 6.08 Å². The zero-order valence-corrected chi connectivity index (χ0v) is 19.2. The van der Waals surface area contributed by atoms with Crippen LogP contribution in [0.25, 0.3) is 0 Å². The van der Waals surface area contributed by atoms with Gasteiger partial charge in [0.25, 0.3) is 0 Å². The molecule has 0 saturated heterocycles. The van der Waals surface area contributed by atoms with Crippen LogP contribution in [-0.2, 0) is 4.74 Å². The fourth-order valence-corrected chi connectivity index (χ4v) is 5.55. The van der Waals surface area contributed by atoms with Gasteiger partial charge in [-0.15, -0.1) is 0 Å². The van der Waals surface area contributed by atoms with Gasteiger partial charge in [0, 0.05) is 12.8 Å². The Bertz CT molecular complexity index is 753. The number of ether oxygens (including phenoxy) is 1. The molecule has 0 aliphatic heterocycles. The summed E-state index contributed by atoms with van der Waals surface area (Å²) in [5, 5.41) is 31.3. The Kier molecular flexibility index (Phi) is 6.83. The van der Waals surface area contributed by atoms with Crippen molar-refractivity contribution in [2.24, 2.45) is 11.3 Å². The fourth-order valence-electron chi connectivity index (χ4n) is 5.55. The van der Waals surface area contributed by atoms with Crippen molar-refractivity contribution in [2.45, 2.75) is 96.6 Å². The molecule has 4 atom stereocenters. The summed E-state index contributed by atoms with van der Waals surface area (Å²) < 4.78 is 5.73. The maximum Gasteiger partial charge on any atom is 0.172 e. The standard InChI is InChI=1S/C26H40O4/c1-6-21-11-12-22-19(8-7-13-25(21,22)5)9-10-20-16-26(29,17-23(27)18(20)2)30-15-14-24(3,4)28/h9-11,22-23,27-29H,2,6-8,12-17H2,1,3-5H3/t22-,23-,25+,26-/m0/s1. The van der Waals surface area contributed by atoms with Crippen molar-refractivity contribution in [2.75, 3.05) is 6.61 Å². The third kappa shape index (κ3) is 4.99. The molecule has 4 nitrogen and oxygen atoms in total. The van der Waals surface area contributed by atoms with Gasteiger partial charge in [0.2, 0.25) is 0 Å². The van der Waals surface area contributed by atoms with E-state index < -0.39 is 17.5 Å². The number of hydrogen-bond acceptors (Lipinski definition) is 4. The van der Waals surface area contributed by atoms with Crippen molar-refractivity contribution in [3.8, 4) is 0 Å². The Morgan fingerprint density at radius 3 is 2.73 bits per heavy atom. The largest absolute Gasteiger partial charge is 0.390 e. The molecule has 0 amide bonds. The highest BCUT2D eigenvalue weighted by Crippen LogP contribution is 2.55. The molecule has 0 aromatic heterocycles. The van der Waals surface area contributed by atoms with Crippen molar-refractivity contribution in [1.82, 2.24) is 0 Å². The van der Waals surface area contributed by atoms with E-state index in [2.05, 4.69) is 32.6 Å². The highest BCUT2D eigenvalue weighted by molar-refractivity contribution is 5.40. The molecule has 0 aromatic rings. The van der Waals surface area contributed by atoms with Gasteiger partial charge in [0.1, 0.15) is 0 Å². The zero-order valence-electron chi connectivity index (χ0n) is 19.2. The van der Waals surface area contributed by atoms with E-state index >= 15 is 0 Å². The molecule has 3 aliphatic rings. The fraction of sp³-hybridized carbons (Fsp3) is 0.692. The van der Waals surface area contributed by atoms with Crippen LogP contribution in [0, 0.1) is 11.3 Å². The molecule has 0 bridgehead atoms. The Hall–Kier alpha value is -1.20. The summed E-state index contributed by atoms with van der Waals surface area (Å²) >= 11 is 0. The summed E-state index contributed by atoms with van der Waals surface area (Å²) in [5.74, 6) is -0.872. The maximum atomic E-state index is 10.9. The molecule has 30 heavy (non-hydrogen) atoms. The molecule has 2 saturated carbocycles. The minimum absolute atomic E-state index is 0.107. The second-order valence-electron chi connectivity index (χ2n) is 10.4. The van der Waals surface area contributed by atoms with Gasteiger partial charge in [-0.2, -0.15) is 0 Å². The van der Waals surface area contributed by atoms with E-state index in [1.54, 1.807) is 19.4 Å². The molecule has 4 heteroatoms. The molecule has 0 radical (unpaired) electrons. The number of aliphatic hydroxyl groups is 3. The van der Waals surface area contributed by atoms with Crippen LogP contribution in [0.1, 0.15) is 79.1 Å². The maximum absolute atomic E-state index is 10.9. The van der Waals surface area contributed by atoms with Gasteiger partial charge in [-0.25, -0.2) is 0 Å². The van der Waals surface area contributed by atoms with Gasteiger partial charge in [0.05, 0.1) is 18.3 Å². The van der Waals surface area contributed by atoms with E-state index in [0.29, 0.717) is 24.3 Å². The first kappa shape index (κ1) is 23.5. The highest BCUT2D eigenvalue weighted by atomic mass is 16.6. The van der Waals surface area contributed by atoms with Gasteiger partial charge in [-0.1, -0.05) is 49.8 Å². The van der Waals surface area contributed by atoms with Crippen molar-refractivity contribution < 1.29 is 20.1 Å². The summed E-state index contributed by atoms with van der Waals surface area (Å²) in [6.45, 7) is 12.4. The van der Waals surface area contributed by atoms with E-state index in [0.717, 1.165) is 24.8 Å². The highest BCUT2D eigenvalue weighted by Gasteiger charge is 2.44. The summed E-state index contributed by atoms with van der Waals surface area (Å²) in [4.78, 5) is 0. The molecule has 3 aliphatic carbocycles. The van der Waals surface area contributed by atoms with Crippen LogP contribution >= 0.6 is 0 Å². The minimum Gasteiger partial charge on any atom is -0.390 e. The number of rotatable bonds is 6. The van der Waals surface area contributed by atoms with Crippen molar-refractivity contribution in [3.05, 3.63) is 47.1 Å². The Morgan fingerprint density at radius 1 is 1.33 bits per heavy atom. The first-order valence-electron chi connectivity index (χ1n) is 11.5. The first-order chi connectivity index (χ1) is 14.0. The number of aliphatic hydroxyl groups excluding tert-OH is 1. The molecule has 2 fully saturated rings. The second-order valence-corrected chi connectivity index (χ2v) is 10.4. The van der Waals surface area contributed by atoms with E-state index in [1.165, 1.54) is 18.4 Å².